The van der Waals surface area contributed by atoms with Crippen LogP contribution in [0.25, 0.3) is 0 Å². The summed E-state index contributed by atoms with van der Waals surface area (Å²) in [5.41, 5.74) is 0. The average Bonchev–Trinajstić information content (AvgIpc) is 2.35. The molecule has 19 heavy (non-hydrogen) atoms. The van der Waals surface area contributed by atoms with Crippen LogP contribution < -0.4 is 5.32 Å². The van der Waals surface area contributed by atoms with Gasteiger partial charge in [0.15, 0.2) is 0 Å². The van der Waals surface area contributed by atoms with Crippen LogP contribution in [0.4, 0.5) is 0 Å². The number of aliphatic hydroxyl groups is 1. The van der Waals surface area contributed by atoms with Gasteiger partial charge in [0.2, 0.25) is 5.91 Å². The maximum Gasteiger partial charge on any atom is 0.326 e. The zero-order chi connectivity index (χ0) is 14.8. The van der Waals surface area contributed by atoms with E-state index in [9.17, 15) is 14.7 Å². The lowest BCUT2D eigenvalue weighted by Crippen LogP contribution is -2.45. The van der Waals surface area contributed by atoms with E-state index < -0.39 is 24.0 Å². The van der Waals surface area contributed by atoms with Crippen molar-refractivity contribution in [3.05, 3.63) is 12.2 Å². The van der Waals surface area contributed by atoms with Crippen molar-refractivity contribution in [3.63, 3.8) is 0 Å². The third kappa shape index (κ3) is 7.89. The topological polar surface area (TPSA) is 86.6 Å². The Morgan fingerprint density at radius 3 is 2.53 bits per heavy atom. The van der Waals surface area contributed by atoms with E-state index in [2.05, 4.69) is 17.9 Å². The van der Waals surface area contributed by atoms with Crippen molar-refractivity contribution in [2.45, 2.75) is 45.3 Å². The van der Waals surface area contributed by atoms with E-state index in [1.807, 2.05) is 6.92 Å². The Morgan fingerprint density at radius 1 is 1.42 bits per heavy atom. The number of carboxylic acids is 1. The molecule has 0 aromatic heterocycles. The van der Waals surface area contributed by atoms with Crippen LogP contribution in [0.15, 0.2) is 12.2 Å². The second-order valence-corrected chi connectivity index (χ2v) is 4.93. The fourth-order valence-electron chi connectivity index (χ4n) is 1.50. The lowest BCUT2D eigenvalue weighted by molar-refractivity contribution is -0.143. The van der Waals surface area contributed by atoms with Crippen molar-refractivity contribution < 1.29 is 19.8 Å². The summed E-state index contributed by atoms with van der Waals surface area (Å²) in [7, 11) is 0. The van der Waals surface area contributed by atoms with Gasteiger partial charge in [-0.05, 0) is 18.1 Å². The quantitative estimate of drug-likeness (QED) is 0.380. The number of amides is 1. The van der Waals surface area contributed by atoms with Crippen molar-refractivity contribution >= 4 is 24.5 Å². The lowest BCUT2D eigenvalue weighted by atomic mass is 9.99. The van der Waals surface area contributed by atoms with Crippen LogP contribution in [0.2, 0.25) is 0 Å². The van der Waals surface area contributed by atoms with E-state index in [-0.39, 0.29) is 12.3 Å². The van der Waals surface area contributed by atoms with Gasteiger partial charge in [0, 0.05) is 0 Å². The van der Waals surface area contributed by atoms with Crippen LogP contribution in [0.3, 0.4) is 0 Å². The highest BCUT2D eigenvalue weighted by Crippen LogP contribution is 2.08. The molecule has 0 rings (SSSR count). The van der Waals surface area contributed by atoms with Gasteiger partial charge in [0.05, 0.1) is 12.5 Å². The van der Waals surface area contributed by atoms with Gasteiger partial charge in [-0.3, -0.25) is 4.79 Å². The number of carboxylic acid groups (broad SMARTS) is 1. The molecule has 5 nitrogen and oxygen atoms in total. The molecule has 0 radical (unpaired) electrons. The summed E-state index contributed by atoms with van der Waals surface area (Å²) >= 11 is 4.02. The molecule has 3 N–H and O–H groups in total. The normalized spacial score (nSPS) is 16.0. The minimum absolute atomic E-state index is 0.136. The van der Waals surface area contributed by atoms with Crippen molar-refractivity contribution in [1.82, 2.24) is 5.32 Å². The molecule has 3 atom stereocenters. The first kappa shape index (κ1) is 18.0. The first-order valence-electron chi connectivity index (χ1n) is 6.40. The lowest BCUT2D eigenvalue weighted by Gasteiger charge is -2.20. The standard InChI is InChI=1S/C13H23NO4S/c1-3-9(2)12(13(17)18)14-11(16)8-10(15)6-4-5-7-19/h4,6,9-10,12,15,19H,3,5,7-8H2,1-2H3,(H,14,16)(H,17,18)/b6-4+. The molecule has 0 saturated carbocycles. The molecule has 0 heterocycles. The molecule has 0 fully saturated rings. The first-order valence-corrected chi connectivity index (χ1v) is 7.03. The number of nitrogens with one attached hydrogen (secondary N) is 1. The van der Waals surface area contributed by atoms with Crippen LogP contribution in [-0.4, -0.2) is 40.0 Å². The van der Waals surface area contributed by atoms with Gasteiger partial charge in [0.25, 0.3) is 0 Å². The van der Waals surface area contributed by atoms with Crippen molar-refractivity contribution in [2.75, 3.05) is 5.75 Å². The average molecular weight is 289 g/mol. The van der Waals surface area contributed by atoms with Crippen molar-refractivity contribution in [2.24, 2.45) is 5.92 Å². The van der Waals surface area contributed by atoms with Gasteiger partial charge in [-0.2, -0.15) is 12.6 Å². The van der Waals surface area contributed by atoms with Gasteiger partial charge in [-0.25, -0.2) is 4.79 Å². The fraction of sp³-hybridized carbons (Fsp3) is 0.692. The highest BCUT2D eigenvalue weighted by molar-refractivity contribution is 7.80. The second kappa shape index (κ2) is 9.86. The van der Waals surface area contributed by atoms with Crippen LogP contribution in [0.1, 0.15) is 33.1 Å². The Labute approximate surface area is 119 Å². The molecular formula is C13H23NO4S. The summed E-state index contributed by atoms with van der Waals surface area (Å²) in [6.45, 7) is 3.63. The molecule has 0 aromatic carbocycles. The molecule has 1 amide bonds. The number of aliphatic hydroxyl groups excluding tert-OH is 1. The molecule has 0 saturated heterocycles. The number of thiol groups is 1. The molecule has 0 aliphatic carbocycles. The summed E-state index contributed by atoms with van der Waals surface area (Å²) < 4.78 is 0. The Bertz CT molecular complexity index is 320. The first-order chi connectivity index (χ1) is 8.92. The Kier molecular flexibility index (Phi) is 9.34. The predicted octanol–water partition coefficient (Wildman–Crippen LogP) is 1.23. The smallest absolute Gasteiger partial charge is 0.326 e. The Balaban J connectivity index is 4.30. The molecule has 0 bridgehead atoms. The number of carbonyl (C=O) groups excluding carboxylic acids is 1. The number of rotatable bonds is 9. The van der Waals surface area contributed by atoms with Gasteiger partial charge in [0.1, 0.15) is 6.04 Å². The summed E-state index contributed by atoms with van der Waals surface area (Å²) in [5, 5.41) is 21.0. The summed E-state index contributed by atoms with van der Waals surface area (Å²) in [4.78, 5) is 22.7. The van der Waals surface area contributed by atoms with Crippen molar-refractivity contribution in [1.29, 1.82) is 0 Å². The maximum atomic E-state index is 11.6. The zero-order valence-corrected chi connectivity index (χ0v) is 12.3. The second-order valence-electron chi connectivity index (χ2n) is 4.48. The molecule has 0 aliphatic rings. The number of allylic oxidation sites excluding steroid dienone is 1. The molecule has 0 spiro atoms. The van der Waals surface area contributed by atoms with Crippen LogP contribution in [0.5, 0.6) is 0 Å². The largest absolute Gasteiger partial charge is 0.480 e. The van der Waals surface area contributed by atoms with E-state index in [0.717, 1.165) is 0 Å². The minimum atomic E-state index is -1.05. The molecule has 6 heteroatoms. The van der Waals surface area contributed by atoms with Gasteiger partial charge in [-0.1, -0.05) is 32.4 Å². The molecular weight excluding hydrogens is 266 g/mol. The predicted molar refractivity (Wildman–Crippen MR) is 77.3 cm³/mol. The molecule has 0 aliphatic heterocycles. The molecule has 0 aromatic rings. The number of hydrogen-bond donors (Lipinski definition) is 4. The maximum absolute atomic E-state index is 11.6. The van der Waals surface area contributed by atoms with Gasteiger partial charge in [-0.15, -0.1) is 0 Å². The fourth-order valence-corrected chi connectivity index (χ4v) is 1.65. The van der Waals surface area contributed by atoms with Crippen LogP contribution in [-0.2, 0) is 9.59 Å². The van der Waals surface area contributed by atoms with Crippen molar-refractivity contribution in [3.8, 4) is 0 Å². The monoisotopic (exact) mass is 289 g/mol. The van der Waals surface area contributed by atoms with E-state index in [4.69, 9.17) is 5.11 Å². The summed E-state index contributed by atoms with van der Waals surface area (Å²) in [5.74, 6) is -0.998. The SMILES string of the molecule is CCC(C)C(NC(=O)CC(O)/C=C/CCS)C(=O)O. The molecule has 3 unspecified atom stereocenters. The number of hydrogen-bond acceptors (Lipinski definition) is 4. The van der Waals surface area contributed by atoms with E-state index in [0.29, 0.717) is 18.6 Å². The van der Waals surface area contributed by atoms with Gasteiger partial charge >= 0.3 is 5.97 Å². The van der Waals surface area contributed by atoms with E-state index in [1.54, 1.807) is 13.0 Å². The summed E-state index contributed by atoms with van der Waals surface area (Å²) in [6.07, 6.45) is 3.60. The highest BCUT2D eigenvalue weighted by Gasteiger charge is 2.25. The van der Waals surface area contributed by atoms with E-state index >= 15 is 0 Å². The third-order valence-corrected chi connectivity index (χ3v) is 3.10. The zero-order valence-electron chi connectivity index (χ0n) is 11.4. The Morgan fingerprint density at radius 2 is 2.05 bits per heavy atom. The Hall–Kier alpha value is -1.01. The number of carbonyl (C=O) groups is 2. The van der Waals surface area contributed by atoms with E-state index in [1.165, 1.54) is 6.08 Å². The van der Waals surface area contributed by atoms with Crippen LogP contribution in [0, 0.1) is 5.92 Å². The van der Waals surface area contributed by atoms with Crippen LogP contribution >= 0.6 is 12.6 Å². The highest BCUT2D eigenvalue weighted by atomic mass is 32.1. The third-order valence-electron chi connectivity index (χ3n) is 2.84. The van der Waals surface area contributed by atoms with Gasteiger partial charge < -0.3 is 15.5 Å². The molecule has 110 valence electrons. The summed E-state index contributed by atoms with van der Waals surface area (Å²) in [6, 6.07) is -0.911. The minimum Gasteiger partial charge on any atom is -0.480 e. The number of aliphatic carboxylic acids is 1.